The molecule has 3 heteroatoms. The van der Waals surface area contributed by atoms with Gasteiger partial charge in [0.25, 0.3) is 0 Å². The smallest absolute Gasteiger partial charge is 0.0638 e. The molecule has 1 heterocycles. The Kier molecular flexibility index (Phi) is 3.91. The molecule has 0 saturated heterocycles. The Balaban J connectivity index is 2.64. The van der Waals surface area contributed by atoms with Crippen molar-refractivity contribution in [2.24, 2.45) is 0 Å². The van der Waals surface area contributed by atoms with Gasteiger partial charge in [0, 0.05) is 23.3 Å². The molecule has 0 spiro atoms. The van der Waals surface area contributed by atoms with Gasteiger partial charge in [-0.2, -0.15) is 5.10 Å². The molecule has 1 aromatic rings. The highest BCUT2D eigenvalue weighted by Crippen LogP contribution is 2.16. The van der Waals surface area contributed by atoms with Gasteiger partial charge in [0.15, 0.2) is 0 Å². The molecule has 2 N–H and O–H groups in total. The number of rotatable bonds is 5. The van der Waals surface area contributed by atoms with Gasteiger partial charge in [-0.25, -0.2) is 0 Å². The standard InChI is InChI=1S/C12H23N3/c1-6-12(5,7-2)13-8-11-9(3)14-15-10(11)4/h13H,6-8H2,1-5H3,(H,14,15). The lowest BCUT2D eigenvalue weighted by atomic mass is 9.95. The molecular formula is C12H23N3. The maximum Gasteiger partial charge on any atom is 0.0638 e. The fraction of sp³-hybridized carbons (Fsp3) is 0.750. The number of aromatic nitrogens is 2. The molecule has 86 valence electrons. The number of nitrogens with zero attached hydrogens (tertiary/aromatic N) is 1. The van der Waals surface area contributed by atoms with Crippen LogP contribution in [0, 0.1) is 13.8 Å². The first-order valence-corrected chi connectivity index (χ1v) is 5.78. The minimum Gasteiger partial charge on any atom is -0.307 e. The predicted molar refractivity (Wildman–Crippen MR) is 63.9 cm³/mol. The second kappa shape index (κ2) is 4.79. The van der Waals surface area contributed by atoms with Gasteiger partial charge in [-0.15, -0.1) is 0 Å². The number of nitrogens with one attached hydrogen (secondary N) is 2. The van der Waals surface area contributed by atoms with Crippen LogP contribution in [0.25, 0.3) is 0 Å². The summed E-state index contributed by atoms with van der Waals surface area (Å²) in [6, 6.07) is 0. The van der Waals surface area contributed by atoms with E-state index in [0.29, 0.717) is 0 Å². The molecular weight excluding hydrogens is 186 g/mol. The molecule has 1 rings (SSSR count). The van der Waals surface area contributed by atoms with E-state index in [9.17, 15) is 0 Å². The highest BCUT2D eigenvalue weighted by molar-refractivity contribution is 5.23. The molecule has 0 amide bonds. The summed E-state index contributed by atoms with van der Waals surface area (Å²) in [7, 11) is 0. The monoisotopic (exact) mass is 209 g/mol. The molecule has 0 unspecified atom stereocenters. The van der Waals surface area contributed by atoms with Gasteiger partial charge < -0.3 is 5.32 Å². The number of hydrogen-bond acceptors (Lipinski definition) is 2. The number of aromatic amines is 1. The Morgan fingerprint density at radius 3 is 2.27 bits per heavy atom. The van der Waals surface area contributed by atoms with Crippen molar-refractivity contribution in [3.8, 4) is 0 Å². The summed E-state index contributed by atoms with van der Waals surface area (Å²) in [6.07, 6.45) is 2.30. The molecule has 3 nitrogen and oxygen atoms in total. The van der Waals surface area contributed by atoms with E-state index in [1.807, 2.05) is 0 Å². The normalized spacial score (nSPS) is 12.1. The first-order valence-electron chi connectivity index (χ1n) is 5.78. The molecule has 0 aliphatic heterocycles. The van der Waals surface area contributed by atoms with Gasteiger partial charge in [-0.3, -0.25) is 5.10 Å². The van der Waals surface area contributed by atoms with Crippen molar-refractivity contribution in [1.29, 1.82) is 0 Å². The van der Waals surface area contributed by atoms with Crippen molar-refractivity contribution in [2.75, 3.05) is 0 Å². The second-order valence-corrected chi connectivity index (χ2v) is 4.53. The zero-order chi connectivity index (χ0) is 11.5. The summed E-state index contributed by atoms with van der Waals surface area (Å²) in [6.45, 7) is 11.8. The van der Waals surface area contributed by atoms with E-state index in [1.54, 1.807) is 0 Å². The van der Waals surface area contributed by atoms with Crippen molar-refractivity contribution in [3.63, 3.8) is 0 Å². The van der Waals surface area contributed by atoms with Crippen molar-refractivity contribution in [2.45, 2.75) is 59.5 Å². The Bertz CT molecular complexity index is 291. The average molecular weight is 209 g/mol. The van der Waals surface area contributed by atoms with Crippen LogP contribution in [-0.4, -0.2) is 15.7 Å². The quantitative estimate of drug-likeness (QED) is 0.782. The zero-order valence-electron chi connectivity index (χ0n) is 10.6. The second-order valence-electron chi connectivity index (χ2n) is 4.53. The maximum absolute atomic E-state index is 4.20. The van der Waals surface area contributed by atoms with Crippen LogP contribution in [0.1, 0.15) is 50.6 Å². The lowest BCUT2D eigenvalue weighted by molar-refractivity contribution is 0.329. The largest absolute Gasteiger partial charge is 0.307 e. The van der Waals surface area contributed by atoms with Gasteiger partial charge in [0.05, 0.1) is 5.69 Å². The van der Waals surface area contributed by atoms with Crippen molar-refractivity contribution >= 4 is 0 Å². The summed E-state index contributed by atoms with van der Waals surface area (Å²) in [5.41, 5.74) is 3.84. The number of hydrogen-bond donors (Lipinski definition) is 2. The van der Waals surface area contributed by atoms with Crippen LogP contribution in [0.2, 0.25) is 0 Å². The number of aryl methyl sites for hydroxylation is 2. The average Bonchev–Trinajstić information content (AvgIpc) is 2.56. The predicted octanol–water partition coefficient (Wildman–Crippen LogP) is 2.69. The van der Waals surface area contributed by atoms with E-state index < -0.39 is 0 Å². The van der Waals surface area contributed by atoms with Crippen LogP contribution in [0.3, 0.4) is 0 Å². The van der Waals surface area contributed by atoms with E-state index in [2.05, 4.69) is 50.1 Å². The molecule has 1 aromatic heterocycles. The first kappa shape index (κ1) is 12.2. The summed E-state index contributed by atoms with van der Waals surface area (Å²) in [5.74, 6) is 0. The third-order valence-corrected chi connectivity index (χ3v) is 3.53. The van der Waals surface area contributed by atoms with E-state index in [-0.39, 0.29) is 5.54 Å². The van der Waals surface area contributed by atoms with Gasteiger partial charge in [0.2, 0.25) is 0 Å². The SMILES string of the molecule is CCC(C)(CC)NCc1c(C)n[nH]c1C. The Hall–Kier alpha value is -0.830. The maximum atomic E-state index is 4.20. The Morgan fingerprint density at radius 1 is 1.27 bits per heavy atom. The molecule has 0 aliphatic carbocycles. The molecule has 0 aliphatic rings. The van der Waals surface area contributed by atoms with Crippen LogP contribution in [0.4, 0.5) is 0 Å². The topological polar surface area (TPSA) is 40.7 Å². The highest BCUT2D eigenvalue weighted by atomic mass is 15.1. The van der Waals surface area contributed by atoms with Crippen LogP contribution in [0.15, 0.2) is 0 Å². The summed E-state index contributed by atoms with van der Waals surface area (Å²) in [4.78, 5) is 0. The van der Waals surface area contributed by atoms with Crippen molar-refractivity contribution < 1.29 is 0 Å². The van der Waals surface area contributed by atoms with Crippen LogP contribution in [-0.2, 0) is 6.54 Å². The first-order chi connectivity index (χ1) is 7.02. The third-order valence-electron chi connectivity index (χ3n) is 3.53. The summed E-state index contributed by atoms with van der Waals surface area (Å²) in [5, 5.41) is 10.8. The highest BCUT2D eigenvalue weighted by Gasteiger charge is 2.19. The molecule has 0 atom stereocenters. The van der Waals surface area contributed by atoms with E-state index in [0.717, 1.165) is 25.1 Å². The molecule has 0 saturated carbocycles. The fourth-order valence-electron chi connectivity index (χ4n) is 1.64. The van der Waals surface area contributed by atoms with Gasteiger partial charge in [-0.05, 0) is 33.6 Å². The lowest BCUT2D eigenvalue weighted by Gasteiger charge is -2.28. The molecule has 0 aromatic carbocycles. The van der Waals surface area contributed by atoms with Gasteiger partial charge in [-0.1, -0.05) is 13.8 Å². The number of H-pyrrole nitrogens is 1. The van der Waals surface area contributed by atoms with Crippen molar-refractivity contribution in [1.82, 2.24) is 15.5 Å². The lowest BCUT2D eigenvalue weighted by Crippen LogP contribution is -2.40. The zero-order valence-corrected chi connectivity index (χ0v) is 10.6. The van der Waals surface area contributed by atoms with Crippen LogP contribution < -0.4 is 5.32 Å². The van der Waals surface area contributed by atoms with Crippen LogP contribution >= 0.6 is 0 Å². The minimum absolute atomic E-state index is 0.246. The van der Waals surface area contributed by atoms with Gasteiger partial charge >= 0.3 is 0 Å². The van der Waals surface area contributed by atoms with Crippen molar-refractivity contribution in [3.05, 3.63) is 17.0 Å². The fourth-order valence-corrected chi connectivity index (χ4v) is 1.64. The summed E-state index contributed by atoms with van der Waals surface area (Å²) >= 11 is 0. The summed E-state index contributed by atoms with van der Waals surface area (Å²) < 4.78 is 0. The molecule has 0 fully saturated rings. The molecule has 15 heavy (non-hydrogen) atoms. The van der Waals surface area contributed by atoms with E-state index >= 15 is 0 Å². The van der Waals surface area contributed by atoms with Crippen LogP contribution in [0.5, 0.6) is 0 Å². The van der Waals surface area contributed by atoms with Gasteiger partial charge in [0.1, 0.15) is 0 Å². The Labute approximate surface area is 92.7 Å². The molecule has 0 radical (unpaired) electrons. The van der Waals surface area contributed by atoms with E-state index in [1.165, 1.54) is 11.3 Å². The third kappa shape index (κ3) is 2.81. The minimum atomic E-state index is 0.246. The Morgan fingerprint density at radius 2 is 1.87 bits per heavy atom. The van der Waals surface area contributed by atoms with E-state index in [4.69, 9.17) is 0 Å². The molecule has 0 bridgehead atoms.